The third kappa shape index (κ3) is 2.48. The highest BCUT2D eigenvalue weighted by Gasteiger charge is 2.23. The van der Waals surface area contributed by atoms with Gasteiger partial charge in [0.25, 0.3) is 0 Å². The minimum atomic E-state index is 0.147. The van der Waals surface area contributed by atoms with Gasteiger partial charge in [0.2, 0.25) is 0 Å². The van der Waals surface area contributed by atoms with E-state index in [9.17, 15) is 0 Å². The van der Waals surface area contributed by atoms with Crippen LogP contribution in [0.4, 0.5) is 0 Å². The van der Waals surface area contributed by atoms with Crippen LogP contribution >= 0.6 is 11.6 Å². The summed E-state index contributed by atoms with van der Waals surface area (Å²) >= 11 is 6.22. The molecule has 0 radical (unpaired) electrons. The minimum Gasteiger partial charge on any atom is -0.296 e. The Morgan fingerprint density at radius 1 is 1.21 bits per heavy atom. The van der Waals surface area contributed by atoms with E-state index < -0.39 is 0 Å². The number of hydrogen-bond acceptors (Lipinski definition) is 6. The highest BCUT2D eigenvalue weighted by atomic mass is 35.5. The number of aromatic nitrogens is 4. The number of pyridine rings is 1. The van der Waals surface area contributed by atoms with Crippen LogP contribution in [-0.4, -0.2) is 25.5 Å². The molecule has 24 heavy (non-hydrogen) atoms. The van der Waals surface area contributed by atoms with Gasteiger partial charge in [-0.2, -0.15) is 0 Å². The van der Waals surface area contributed by atoms with Crippen molar-refractivity contribution < 1.29 is 4.84 Å². The molecule has 0 spiro atoms. The van der Waals surface area contributed by atoms with E-state index >= 15 is 0 Å². The van der Waals surface area contributed by atoms with Crippen LogP contribution in [0.5, 0.6) is 0 Å². The fraction of sp³-hybridized carbons (Fsp3) is 0.125. The van der Waals surface area contributed by atoms with Crippen LogP contribution < -0.4 is 5.90 Å². The molecule has 3 heterocycles. The molecule has 0 bridgehead atoms. The van der Waals surface area contributed by atoms with Gasteiger partial charge >= 0.3 is 0 Å². The highest BCUT2D eigenvalue weighted by molar-refractivity contribution is 6.31. The van der Waals surface area contributed by atoms with Crippen molar-refractivity contribution in [2.75, 3.05) is 0 Å². The Hall–Kier alpha value is -2.61. The number of benzene rings is 1. The first-order valence-corrected chi connectivity index (χ1v) is 7.66. The Bertz CT molecular complexity index is 922. The van der Waals surface area contributed by atoms with E-state index in [-0.39, 0.29) is 6.61 Å². The third-order valence-electron chi connectivity index (χ3n) is 3.75. The van der Waals surface area contributed by atoms with Crippen LogP contribution in [0.2, 0.25) is 5.02 Å². The standard InChI is InChI=1S/C16H13ClN6O/c17-10-4-5-13-11(7-10)16(12-3-1-2-6-19-12)20-8-14-21-22-15(9-24-18)23(13)14/h1-7H,8-9,18H2. The van der Waals surface area contributed by atoms with Gasteiger partial charge in [-0.15, -0.1) is 10.2 Å². The zero-order valence-electron chi connectivity index (χ0n) is 12.6. The normalized spacial score (nSPS) is 13.0. The third-order valence-corrected chi connectivity index (χ3v) is 3.99. The molecule has 0 saturated carbocycles. The van der Waals surface area contributed by atoms with E-state index in [1.807, 2.05) is 41.0 Å². The molecule has 0 saturated heterocycles. The highest BCUT2D eigenvalue weighted by Crippen LogP contribution is 2.27. The van der Waals surface area contributed by atoms with Gasteiger partial charge in [-0.05, 0) is 30.3 Å². The van der Waals surface area contributed by atoms with Crippen molar-refractivity contribution in [3.63, 3.8) is 0 Å². The van der Waals surface area contributed by atoms with Crippen LogP contribution in [0, 0.1) is 0 Å². The lowest BCUT2D eigenvalue weighted by atomic mass is 10.0. The maximum Gasteiger partial charge on any atom is 0.165 e. The molecule has 2 aromatic heterocycles. The summed E-state index contributed by atoms with van der Waals surface area (Å²) in [6, 6.07) is 11.3. The van der Waals surface area contributed by atoms with Gasteiger partial charge in [-0.3, -0.25) is 19.4 Å². The van der Waals surface area contributed by atoms with Crippen molar-refractivity contribution in [2.45, 2.75) is 13.2 Å². The minimum absolute atomic E-state index is 0.147. The first kappa shape index (κ1) is 14.9. The van der Waals surface area contributed by atoms with E-state index in [0.29, 0.717) is 23.2 Å². The molecule has 1 aliphatic rings. The van der Waals surface area contributed by atoms with Crippen molar-refractivity contribution in [3.8, 4) is 5.69 Å². The molecule has 0 unspecified atom stereocenters. The molecule has 0 atom stereocenters. The summed E-state index contributed by atoms with van der Waals surface area (Å²) in [5.41, 5.74) is 3.26. The van der Waals surface area contributed by atoms with Gasteiger partial charge in [0.1, 0.15) is 13.2 Å². The molecule has 4 rings (SSSR count). The molecule has 1 aliphatic heterocycles. The molecule has 0 amide bonds. The second kappa shape index (κ2) is 6.12. The Morgan fingerprint density at radius 2 is 2.12 bits per heavy atom. The largest absolute Gasteiger partial charge is 0.296 e. The summed E-state index contributed by atoms with van der Waals surface area (Å²) in [6.45, 7) is 0.518. The second-order valence-corrected chi connectivity index (χ2v) is 5.66. The zero-order valence-corrected chi connectivity index (χ0v) is 13.3. The first-order chi connectivity index (χ1) is 11.8. The monoisotopic (exact) mass is 340 g/mol. The molecule has 120 valence electrons. The van der Waals surface area contributed by atoms with Crippen molar-refractivity contribution in [2.24, 2.45) is 10.9 Å². The van der Waals surface area contributed by atoms with Gasteiger partial charge in [-0.25, -0.2) is 5.90 Å². The van der Waals surface area contributed by atoms with Gasteiger partial charge in [0.15, 0.2) is 11.6 Å². The molecule has 3 aromatic rings. The number of rotatable bonds is 3. The molecule has 8 heteroatoms. The summed E-state index contributed by atoms with van der Waals surface area (Å²) in [4.78, 5) is 13.8. The van der Waals surface area contributed by atoms with Crippen molar-refractivity contribution in [1.82, 2.24) is 19.7 Å². The lowest BCUT2D eigenvalue weighted by Gasteiger charge is -2.13. The van der Waals surface area contributed by atoms with Crippen LogP contribution in [0.25, 0.3) is 5.69 Å². The topological polar surface area (TPSA) is 91.2 Å². The lowest BCUT2D eigenvalue weighted by molar-refractivity contribution is 0.117. The number of nitrogens with two attached hydrogens (primary N) is 1. The predicted octanol–water partition coefficient (Wildman–Crippen LogP) is 2.06. The molecule has 1 aromatic carbocycles. The van der Waals surface area contributed by atoms with Gasteiger partial charge in [0, 0.05) is 16.8 Å². The van der Waals surface area contributed by atoms with Crippen LogP contribution in [0.3, 0.4) is 0 Å². The predicted molar refractivity (Wildman–Crippen MR) is 88.9 cm³/mol. The van der Waals surface area contributed by atoms with E-state index in [1.165, 1.54) is 0 Å². The molecule has 2 N–H and O–H groups in total. The zero-order chi connectivity index (χ0) is 16.5. The number of aliphatic imine (C=N–C) groups is 1. The summed E-state index contributed by atoms with van der Waals surface area (Å²) in [5.74, 6) is 6.52. The fourth-order valence-electron chi connectivity index (χ4n) is 2.75. The van der Waals surface area contributed by atoms with Gasteiger partial charge in [-0.1, -0.05) is 17.7 Å². The maximum absolute atomic E-state index is 6.22. The van der Waals surface area contributed by atoms with Crippen LogP contribution in [0.1, 0.15) is 22.9 Å². The Labute approximate surface area is 142 Å². The van der Waals surface area contributed by atoms with Crippen LogP contribution in [0.15, 0.2) is 47.6 Å². The summed E-state index contributed by atoms with van der Waals surface area (Å²) < 4.78 is 1.90. The Morgan fingerprint density at radius 3 is 2.92 bits per heavy atom. The number of hydrogen-bond donors (Lipinski definition) is 1. The van der Waals surface area contributed by atoms with E-state index in [4.69, 9.17) is 27.3 Å². The summed E-state index contributed by atoms with van der Waals surface area (Å²) in [7, 11) is 0. The average molecular weight is 341 g/mol. The first-order valence-electron chi connectivity index (χ1n) is 7.29. The van der Waals surface area contributed by atoms with E-state index in [2.05, 4.69) is 15.2 Å². The summed E-state index contributed by atoms with van der Waals surface area (Å²) in [5, 5.41) is 8.96. The molecule has 0 aliphatic carbocycles. The van der Waals surface area contributed by atoms with Crippen molar-refractivity contribution in [1.29, 1.82) is 0 Å². The van der Waals surface area contributed by atoms with Gasteiger partial charge < -0.3 is 0 Å². The fourth-order valence-corrected chi connectivity index (χ4v) is 2.92. The van der Waals surface area contributed by atoms with Gasteiger partial charge in [0.05, 0.1) is 17.1 Å². The number of fused-ring (bicyclic) bond motifs is 3. The number of halogens is 1. The molecule has 7 nitrogen and oxygen atoms in total. The Kier molecular flexibility index (Phi) is 3.81. The average Bonchev–Trinajstić information content (AvgIpc) is 2.92. The van der Waals surface area contributed by atoms with Crippen LogP contribution in [-0.2, 0) is 18.0 Å². The van der Waals surface area contributed by atoms with E-state index in [1.54, 1.807) is 6.20 Å². The second-order valence-electron chi connectivity index (χ2n) is 5.22. The van der Waals surface area contributed by atoms with Crippen molar-refractivity contribution >= 4 is 17.3 Å². The van der Waals surface area contributed by atoms with Crippen molar-refractivity contribution in [3.05, 3.63) is 70.5 Å². The SMILES string of the molecule is NOCc1nnc2n1-c1ccc(Cl)cc1C(c1ccccn1)=NC2. The van der Waals surface area contributed by atoms with E-state index in [0.717, 1.165) is 22.7 Å². The quantitative estimate of drug-likeness (QED) is 0.737. The summed E-state index contributed by atoms with van der Waals surface area (Å²) in [6.07, 6.45) is 1.74. The molecule has 0 fully saturated rings. The molecular formula is C16H13ClN6O. The molecular weight excluding hydrogens is 328 g/mol. The number of nitrogens with zero attached hydrogens (tertiary/aromatic N) is 5. The smallest absolute Gasteiger partial charge is 0.165 e. The lowest BCUT2D eigenvalue weighted by Crippen LogP contribution is -2.12. The maximum atomic E-state index is 6.22. The Balaban J connectivity index is 1.96.